The smallest absolute Gasteiger partial charge is 0.251 e. The monoisotopic (exact) mass is 350 g/mol. The maximum atomic E-state index is 12.2. The second-order valence-electron chi connectivity index (χ2n) is 6.16. The van der Waals surface area contributed by atoms with Crippen LogP contribution in [-0.4, -0.2) is 28.8 Å². The van der Waals surface area contributed by atoms with E-state index in [1.54, 1.807) is 25.2 Å². The summed E-state index contributed by atoms with van der Waals surface area (Å²) in [6.45, 7) is 1.83. The third-order valence-corrected chi connectivity index (χ3v) is 4.34. The summed E-state index contributed by atoms with van der Waals surface area (Å²) in [6.07, 6.45) is 1.79. The summed E-state index contributed by atoms with van der Waals surface area (Å²) in [5.74, 6) is 0.651. The first-order chi connectivity index (χ1) is 12.6. The Balaban J connectivity index is 1.56. The zero-order chi connectivity index (χ0) is 18.5. The van der Waals surface area contributed by atoms with E-state index in [4.69, 9.17) is 0 Å². The quantitative estimate of drug-likeness (QED) is 0.638. The molecule has 6 heteroatoms. The van der Waals surface area contributed by atoms with Gasteiger partial charge in [-0.3, -0.25) is 9.59 Å². The van der Waals surface area contributed by atoms with Crippen LogP contribution in [0.25, 0.3) is 11.0 Å². The number of amides is 2. The molecule has 3 N–H and O–H groups in total. The van der Waals surface area contributed by atoms with Gasteiger partial charge in [0.15, 0.2) is 0 Å². The highest BCUT2D eigenvalue weighted by atomic mass is 16.2. The summed E-state index contributed by atoms with van der Waals surface area (Å²) in [7, 11) is 1.59. The van der Waals surface area contributed by atoms with Gasteiger partial charge in [-0.2, -0.15) is 0 Å². The number of aryl methyl sites for hydroxylation is 1. The van der Waals surface area contributed by atoms with Crippen LogP contribution in [0.5, 0.6) is 0 Å². The van der Waals surface area contributed by atoms with Crippen molar-refractivity contribution in [2.24, 2.45) is 0 Å². The van der Waals surface area contributed by atoms with E-state index in [0.29, 0.717) is 30.5 Å². The van der Waals surface area contributed by atoms with Gasteiger partial charge in [0.2, 0.25) is 5.91 Å². The van der Waals surface area contributed by atoms with Crippen molar-refractivity contribution in [3.63, 3.8) is 0 Å². The fourth-order valence-corrected chi connectivity index (χ4v) is 2.90. The third kappa shape index (κ3) is 3.91. The van der Waals surface area contributed by atoms with Gasteiger partial charge in [-0.15, -0.1) is 0 Å². The summed E-state index contributed by atoms with van der Waals surface area (Å²) in [4.78, 5) is 31.9. The van der Waals surface area contributed by atoms with E-state index in [1.807, 2.05) is 31.2 Å². The van der Waals surface area contributed by atoms with E-state index in [-0.39, 0.29) is 11.8 Å². The lowest BCUT2D eigenvalue weighted by atomic mass is 10.1. The minimum Gasteiger partial charge on any atom is -0.355 e. The molecule has 1 aromatic heterocycles. The normalized spacial score (nSPS) is 10.7. The standard InChI is InChI=1S/C20H22N4O2/c1-13-14(20(26)21-2)7-5-10-15(13)24-19(25)12-6-11-18-22-16-8-3-4-9-17(16)23-18/h3-5,7-10H,6,11-12H2,1-2H3,(H,21,26)(H,22,23)(H,24,25). The SMILES string of the molecule is CNC(=O)c1cccc(NC(=O)CCCc2nc3ccccc3[nH]2)c1C. The molecule has 0 bridgehead atoms. The molecule has 0 aliphatic rings. The molecule has 0 saturated carbocycles. The fraction of sp³-hybridized carbons (Fsp3) is 0.250. The molecule has 3 rings (SSSR count). The van der Waals surface area contributed by atoms with Crippen LogP contribution in [-0.2, 0) is 11.2 Å². The predicted octanol–water partition coefficient (Wildman–Crippen LogP) is 3.19. The number of benzene rings is 2. The molecule has 2 amide bonds. The molecule has 0 atom stereocenters. The maximum absolute atomic E-state index is 12.2. The first-order valence-electron chi connectivity index (χ1n) is 8.63. The highest BCUT2D eigenvalue weighted by molar-refractivity contribution is 5.99. The molecular weight excluding hydrogens is 328 g/mol. The van der Waals surface area contributed by atoms with E-state index in [1.165, 1.54) is 0 Å². The molecule has 0 saturated heterocycles. The Kier molecular flexibility index (Phi) is 5.31. The van der Waals surface area contributed by atoms with E-state index in [9.17, 15) is 9.59 Å². The number of hydrogen-bond donors (Lipinski definition) is 3. The van der Waals surface area contributed by atoms with Crippen molar-refractivity contribution in [3.8, 4) is 0 Å². The Bertz CT molecular complexity index is 913. The molecule has 0 fully saturated rings. The van der Waals surface area contributed by atoms with Crippen molar-refractivity contribution in [2.75, 3.05) is 12.4 Å². The van der Waals surface area contributed by atoms with E-state index in [2.05, 4.69) is 20.6 Å². The summed E-state index contributed by atoms with van der Waals surface area (Å²) in [5, 5.41) is 5.50. The zero-order valence-electron chi connectivity index (χ0n) is 14.9. The summed E-state index contributed by atoms with van der Waals surface area (Å²) >= 11 is 0. The van der Waals surface area contributed by atoms with Crippen molar-refractivity contribution in [1.29, 1.82) is 0 Å². The molecule has 134 valence electrons. The van der Waals surface area contributed by atoms with Crippen LogP contribution in [0.2, 0.25) is 0 Å². The predicted molar refractivity (Wildman–Crippen MR) is 102 cm³/mol. The molecule has 0 spiro atoms. The first kappa shape index (κ1) is 17.7. The molecule has 6 nitrogen and oxygen atoms in total. The first-order valence-corrected chi connectivity index (χ1v) is 8.63. The van der Waals surface area contributed by atoms with Crippen molar-refractivity contribution in [1.82, 2.24) is 15.3 Å². The molecule has 0 unspecified atom stereocenters. The Labute approximate surface area is 152 Å². The number of H-pyrrole nitrogens is 1. The number of carbonyl (C=O) groups excluding carboxylic acids is 2. The number of anilines is 1. The molecule has 26 heavy (non-hydrogen) atoms. The van der Waals surface area contributed by atoms with Crippen LogP contribution >= 0.6 is 0 Å². The van der Waals surface area contributed by atoms with Crippen molar-refractivity contribution >= 4 is 28.5 Å². The van der Waals surface area contributed by atoms with Crippen LogP contribution in [0.4, 0.5) is 5.69 Å². The lowest BCUT2D eigenvalue weighted by Gasteiger charge is -2.11. The Hall–Kier alpha value is -3.15. The van der Waals surface area contributed by atoms with Gasteiger partial charge in [0.05, 0.1) is 11.0 Å². The number of fused-ring (bicyclic) bond motifs is 1. The summed E-state index contributed by atoms with van der Waals surface area (Å²) < 4.78 is 0. The number of aromatic nitrogens is 2. The average molecular weight is 350 g/mol. The van der Waals surface area contributed by atoms with Gasteiger partial charge >= 0.3 is 0 Å². The topological polar surface area (TPSA) is 86.9 Å². The van der Waals surface area contributed by atoms with Crippen molar-refractivity contribution in [3.05, 3.63) is 59.4 Å². The Morgan fingerprint density at radius 2 is 1.92 bits per heavy atom. The number of para-hydroxylation sites is 2. The Morgan fingerprint density at radius 1 is 1.12 bits per heavy atom. The molecule has 1 heterocycles. The van der Waals surface area contributed by atoms with Gasteiger partial charge in [-0.05, 0) is 43.2 Å². The lowest BCUT2D eigenvalue weighted by Crippen LogP contribution is -2.20. The Morgan fingerprint density at radius 3 is 2.69 bits per heavy atom. The number of imidazole rings is 1. The van der Waals surface area contributed by atoms with E-state index >= 15 is 0 Å². The van der Waals surface area contributed by atoms with Gasteiger partial charge in [0, 0.05) is 31.1 Å². The number of nitrogens with zero attached hydrogens (tertiary/aromatic N) is 1. The van der Waals surface area contributed by atoms with E-state index in [0.717, 1.165) is 22.4 Å². The molecule has 3 aromatic rings. The third-order valence-electron chi connectivity index (χ3n) is 4.34. The van der Waals surface area contributed by atoms with Crippen LogP contribution in [0.15, 0.2) is 42.5 Å². The van der Waals surface area contributed by atoms with E-state index < -0.39 is 0 Å². The minimum atomic E-state index is -0.163. The summed E-state index contributed by atoms with van der Waals surface area (Å²) in [5.41, 5.74) is 3.94. The van der Waals surface area contributed by atoms with Gasteiger partial charge in [0.25, 0.3) is 5.91 Å². The van der Waals surface area contributed by atoms with Crippen LogP contribution < -0.4 is 10.6 Å². The van der Waals surface area contributed by atoms with Crippen molar-refractivity contribution < 1.29 is 9.59 Å². The largest absolute Gasteiger partial charge is 0.355 e. The fourth-order valence-electron chi connectivity index (χ4n) is 2.90. The van der Waals surface area contributed by atoms with Crippen LogP contribution in [0.1, 0.15) is 34.6 Å². The highest BCUT2D eigenvalue weighted by Gasteiger charge is 2.12. The molecule has 2 aromatic carbocycles. The second kappa shape index (κ2) is 7.82. The number of aromatic amines is 1. The molecule has 0 aliphatic heterocycles. The second-order valence-corrected chi connectivity index (χ2v) is 6.16. The number of carbonyl (C=O) groups is 2. The number of rotatable bonds is 6. The molecular formula is C20H22N4O2. The van der Waals surface area contributed by atoms with Gasteiger partial charge in [-0.25, -0.2) is 4.98 Å². The average Bonchev–Trinajstić information content (AvgIpc) is 3.05. The van der Waals surface area contributed by atoms with Crippen LogP contribution in [0.3, 0.4) is 0 Å². The van der Waals surface area contributed by atoms with Crippen LogP contribution in [0, 0.1) is 6.92 Å². The summed E-state index contributed by atoms with van der Waals surface area (Å²) in [6, 6.07) is 13.2. The number of hydrogen-bond acceptors (Lipinski definition) is 3. The minimum absolute atomic E-state index is 0.0710. The maximum Gasteiger partial charge on any atom is 0.251 e. The van der Waals surface area contributed by atoms with Gasteiger partial charge < -0.3 is 15.6 Å². The zero-order valence-corrected chi connectivity index (χ0v) is 14.9. The highest BCUT2D eigenvalue weighted by Crippen LogP contribution is 2.19. The molecule has 0 aliphatic carbocycles. The lowest BCUT2D eigenvalue weighted by molar-refractivity contribution is -0.116. The molecule has 0 radical (unpaired) electrons. The van der Waals surface area contributed by atoms with Crippen molar-refractivity contribution in [2.45, 2.75) is 26.2 Å². The van der Waals surface area contributed by atoms with Gasteiger partial charge in [0.1, 0.15) is 5.82 Å². The van der Waals surface area contributed by atoms with Gasteiger partial charge in [-0.1, -0.05) is 18.2 Å². The number of nitrogens with one attached hydrogen (secondary N) is 3.